The smallest absolute Gasteiger partial charge is 0.244 e. The first-order valence-electron chi connectivity index (χ1n) is 9.86. The van der Waals surface area contributed by atoms with Gasteiger partial charge in [0, 0.05) is 42.7 Å². The van der Waals surface area contributed by atoms with Gasteiger partial charge in [0.1, 0.15) is 22.5 Å². The van der Waals surface area contributed by atoms with Crippen LogP contribution in [0.2, 0.25) is 10.0 Å². The third kappa shape index (κ3) is 5.98. The molecule has 0 radical (unpaired) electrons. The zero-order chi connectivity index (χ0) is 25.1. The van der Waals surface area contributed by atoms with Gasteiger partial charge in [-0.3, -0.25) is 0 Å². The molecule has 0 aromatic heterocycles. The molecule has 1 aliphatic rings. The van der Waals surface area contributed by atoms with E-state index in [-0.39, 0.29) is 64.8 Å². The van der Waals surface area contributed by atoms with Gasteiger partial charge in [0.15, 0.2) is 0 Å². The predicted octanol–water partition coefficient (Wildman–Crippen LogP) is 1.95. The second-order valence-corrected chi connectivity index (χ2v) is 12.5. The highest BCUT2D eigenvalue weighted by atomic mass is 35.5. The molecule has 9 nitrogen and oxygen atoms in total. The molecule has 2 aromatic carbocycles. The normalized spacial score (nSPS) is 16.0. The van der Waals surface area contributed by atoms with E-state index in [4.69, 9.17) is 38.9 Å². The van der Waals surface area contributed by atoms with E-state index >= 15 is 0 Å². The van der Waals surface area contributed by atoms with Crippen LogP contribution in [0.25, 0.3) is 0 Å². The van der Waals surface area contributed by atoms with Crippen molar-refractivity contribution in [2.45, 2.75) is 4.90 Å². The van der Waals surface area contributed by atoms with Crippen molar-refractivity contribution in [1.82, 2.24) is 9.03 Å². The Labute approximate surface area is 207 Å². The first-order chi connectivity index (χ1) is 15.9. The van der Waals surface area contributed by atoms with Crippen molar-refractivity contribution in [1.29, 1.82) is 5.26 Å². The Balaban J connectivity index is 1.80. The lowest BCUT2D eigenvalue weighted by atomic mass is 9.83. The maximum absolute atomic E-state index is 13.9. The topological polar surface area (TPSA) is 143 Å². The lowest BCUT2D eigenvalue weighted by Crippen LogP contribution is -2.64. The Morgan fingerprint density at radius 2 is 1.88 bits per heavy atom. The van der Waals surface area contributed by atoms with Crippen LogP contribution in [-0.4, -0.2) is 59.7 Å². The Morgan fingerprint density at radius 3 is 2.47 bits per heavy atom. The van der Waals surface area contributed by atoms with Crippen molar-refractivity contribution in [3.8, 4) is 11.8 Å². The molecule has 184 valence electrons. The minimum atomic E-state index is -3.99. The number of nitrogens with two attached hydrogens (primary N) is 1. The van der Waals surface area contributed by atoms with E-state index in [1.54, 1.807) is 6.07 Å². The van der Waals surface area contributed by atoms with E-state index in [1.165, 1.54) is 30.3 Å². The number of nitrogens with zero attached hydrogens (tertiary/aromatic N) is 2. The zero-order valence-electron chi connectivity index (χ0n) is 17.7. The average Bonchev–Trinajstić information content (AvgIpc) is 2.72. The van der Waals surface area contributed by atoms with E-state index < -0.39 is 31.3 Å². The number of hydrogen-bond donors (Lipinski definition) is 2. The first-order valence-corrected chi connectivity index (χ1v) is 13.7. The van der Waals surface area contributed by atoms with Crippen LogP contribution in [0, 0.1) is 22.6 Å². The van der Waals surface area contributed by atoms with Gasteiger partial charge < -0.3 is 10.5 Å². The van der Waals surface area contributed by atoms with Gasteiger partial charge in [0.05, 0.1) is 22.9 Å². The van der Waals surface area contributed by atoms with Crippen LogP contribution in [-0.2, 0) is 20.0 Å². The fraction of sp³-hybridized carbons (Fsp3) is 0.350. The molecule has 1 fully saturated rings. The molecule has 14 heteroatoms. The second kappa shape index (κ2) is 10.3. The van der Waals surface area contributed by atoms with E-state index in [0.29, 0.717) is 0 Å². The van der Waals surface area contributed by atoms with Crippen molar-refractivity contribution < 1.29 is 26.0 Å². The molecule has 0 unspecified atom stereocenters. The maximum atomic E-state index is 13.9. The van der Waals surface area contributed by atoms with Crippen LogP contribution < -0.4 is 15.2 Å². The van der Waals surface area contributed by atoms with E-state index in [0.717, 1.165) is 10.4 Å². The number of halogens is 3. The van der Waals surface area contributed by atoms with Crippen molar-refractivity contribution in [3.63, 3.8) is 0 Å². The van der Waals surface area contributed by atoms with Crippen LogP contribution in [0.4, 0.5) is 4.39 Å². The van der Waals surface area contributed by atoms with Crippen molar-refractivity contribution >= 4 is 43.2 Å². The molecule has 0 spiro atoms. The Kier molecular flexibility index (Phi) is 8.09. The summed E-state index contributed by atoms with van der Waals surface area (Å²) in [6.07, 6.45) is 0. The SMILES string of the molecule is N#Cc1ccc(OCC2(CNS(=O)(=O)CCN)CN(S(=O)(=O)c3ccc(Cl)cc3Cl)C2)cc1F. The number of ether oxygens (including phenoxy) is 1. The number of nitrogens with one attached hydrogen (secondary N) is 1. The molecule has 3 N–H and O–H groups in total. The number of sulfonamides is 2. The molecule has 0 atom stereocenters. The fourth-order valence-electron chi connectivity index (χ4n) is 3.35. The molecule has 1 heterocycles. The summed E-state index contributed by atoms with van der Waals surface area (Å²) in [5.41, 5.74) is 4.23. The molecule has 34 heavy (non-hydrogen) atoms. The molecule has 2 aromatic rings. The zero-order valence-corrected chi connectivity index (χ0v) is 20.8. The van der Waals surface area contributed by atoms with Gasteiger partial charge in [-0.2, -0.15) is 9.57 Å². The molecule has 0 bridgehead atoms. The summed E-state index contributed by atoms with van der Waals surface area (Å²) in [5, 5.41) is 9.09. The Hall–Kier alpha value is -1.98. The summed E-state index contributed by atoms with van der Waals surface area (Å²) in [6.45, 7) is -0.506. The van der Waals surface area contributed by atoms with Gasteiger partial charge in [0.25, 0.3) is 0 Å². The highest BCUT2D eigenvalue weighted by molar-refractivity contribution is 7.89. The number of benzene rings is 2. The highest BCUT2D eigenvalue weighted by Gasteiger charge is 2.50. The summed E-state index contributed by atoms with van der Waals surface area (Å²) >= 11 is 11.9. The van der Waals surface area contributed by atoms with E-state index in [1.807, 2.05) is 0 Å². The minimum absolute atomic E-state index is 0.0436. The van der Waals surface area contributed by atoms with Gasteiger partial charge in [-0.15, -0.1) is 0 Å². The van der Waals surface area contributed by atoms with E-state index in [2.05, 4.69) is 4.72 Å². The number of rotatable bonds is 10. The van der Waals surface area contributed by atoms with Gasteiger partial charge in [-0.25, -0.2) is 25.9 Å². The maximum Gasteiger partial charge on any atom is 0.244 e. The van der Waals surface area contributed by atoms with Gasteiger partial charge in [0.2, 0.25) is 20.0 Å². The van der Waals surface area contributed by atoms with Crippen LogP contribution in [0.5, 0.6) is 5.75 Å². The van der Waals surface area contributed by atoms with Crippen LogP contribution in [0.1, 0.15) is 5.56 Å². The van der Waals surface area contributed by atoms with Crippen LogP contribution in [0.3, 0.4) is 0 Å². The van der Waals surface area contributed by atoms with Crippen LogP contribution >= 0.6 is 23.2 Å². The first kappa shape index (κ1) is 26.6. The molecule has 0 saturated carbocycles. The van der Waals surface area contributed by atoms with Crippen molar-refractivity contribution in [2.24, 2.45) is 11.1 Å². The lowest BCUT2D eigenvalue weighted by Gasteiger charge is -2.48. The molecular weight excluding hydrogens is 530 g/mol. The molecule has 3 rings (SSSR count). The third-order valence-electron chi connectivity index (χ3n) is 5.19. The Bertz CT molecular complexity index is 1330. The van der Waals surface area contributed by atoms with Crippen molar-refractivity contribution in [2.75, 3.05) is 38.5 Å². The highest BCUT2D eigenvalue weighted by Crippen LogP contribution is 2.37. The molecule has 0 amide bonds. The summed E-state index contributed by atoms with van der Waals surface area (Å²) in [6, 6.07) is 9.39. The summed E-state index contributed by atoms with van der Waals surface area (Å²) in [4.78, 5) is -0.133. The van der Waals surface area contributed by atoms with Crippen LogP contribution in [0.15, 0.2) is 41.3 Å². The van der Waals surface area contributed by atoms with Gasteiger partial charge in [-0.05, 0) is 30.3 Å². The quantitative estimate of drug-likeness (QED) is 0.460. The Morgan fingerprint density at radius 1 is 1.18 bits per heavy atom. The summed E-state index contributed by atoms with van der Waals surface area (Å²) in [7, 11) is -7.68. The minimum Gasteiger partial charge on any atom is -0.493 e. The largest absolute Gasteiger partial charge is 0.493 e. The van der Waals surface area contributed by atoms with E-state index in [9.17, 15) is 21.2 Å². The van der Waals surface area contributed by atoms with Gasteiger partial charge in [-0.1, -0.05) is 23.2 Å². The molecule has 1 saturated heterocycles. The average molecular weight is 551 g/mol. The standard InChI is InChI=1S/C20H21Cl2FN4O5S2/c21-15-2-4-19(17(22)7-15)34(30,31)27-11-20(12-27,10-26-33(28,29)6-5-24)13-32-16-3-1-14(9-25)18(23)8-16/h1-4,7-8,26H,5-6,10-13,24H2. The number of nitriles is 1. The van der Waals surface area contributed by atoms with Gasteiger partial charge >= 0.3 is 0 Å². The second-order valence-electron chi connectivity index (χ2n) is 7.82. The third-order valence-corrected chi connectivity index (χ3v) is 9.06. The van der Waals surface area contributed by atoms with Crippen molar-refractivity contribution in [3.05, 3.63) is 57.8 Å². The lowest BCUT2D eigenvalue weighted by molar-refractivity contribution is 0.0238. The molecule has 1 aliphatic heterocycles. The number of hydrogen-bond acceptors (Lipinski definition) is 7. The summed E-state index contributed by atoms with van der Waals surface area (Å²) in [5.74, 6) is -0.955. The summed E-state index contributed by atoms with van der Waals surface area (Å²) < 4.78 is 73.5. The predicted molar refractivity (Wildman–Crippen MR) is 125 cm³/mol. The molecular formula is C20H21Cl2FN4O5S2. The molecule has 0 aliphatic carbocycles. The fourth-order valence-corrected chi connectivity index (χ4v) is 6.75. The monoisotopic (exact) mass is 550 g/mol.